The molecule has 8 nitrogen and oxygen atoms in total. The molecule has 0 unspecified atom stereocenters. The number of H-pyrrole nitrogens is 1. The molecule has 2 heterocycles. The fourth-order valence-electron chi connectivity index (χ4n) is 2.14. The van der Waals surface area contributed by atoms with Crippen molar-refractivity contribution in [2.45, 2.75) is 6.61 Å². The summed E-state index contributed by atoms with van der Waals surface area (Å²) in [6.07, 6.45) is 5.17. The quantitative estimate of drug-likeness (QED) is 0.553. The molecule has 0 saturated carbocycles. The molecule has 3 aromatic rings. The minimum atomic E-state index is -0.445. The number of carbonyl (C=O) groups excluding carboxylic acids is 2. The lowest BCUT2D eigenvalue weighted by atomic mass is 10.2. The van der Waals surface area contributed by atoms with Crippen molar-refractivity contribution in [2.24, 2.45) is 7.05 Å². The Morgan fingerprint density at radius 2 is 1.96 bits per heavy atom. The monoisotopic (exact) mass is 417 g/mol. The number of hydrogen-bond acceptors (Lipinski definition) is 4. The van der Waals surface area contributed by atoms with Gasteiger partial charge in [0.05, 0.1) is 0 Å². The average molecular weight is 418 g/mol. The maximum Gasteiger partial charge on any atom is 0.286 e. The fraction of sp³-hybridized carbons (Fsp3) is 0.118. The van der Waals surface area contributed by atoms with Crippen molar-refractivity contribution in [3.8, 4) is 5.75 Å². The van der Waals surface area contributed by atoms with Gasteiger partial charge in [-0.15, -0.1) is 0 Å². The number of ether oxygens (including phenoxy) is 1. The molecule has 2 amide bonds. The largest absolute Gasteiger partial charge is 0.486 e. The van der Waals surface area contributed by atoms with Gasteiger partial charge >= 0.3 is 0 Å². The first-order valence-electron chi connectivity index (χ1n) is 7.66. The normalized spacial score (nSPS) is 10.4. The van der Waals surface area contributed by atoms with Gasteiger partial charge in [-0.3, -0.25) is 20.4 Å². The Morgan fingerprint density at radius 1 is 1.23 bits per heavy atom. The molecule has 0 saturated heterocycles. The Labute approximate surface area is 157 Å². The summed E-state index contributed by atoms with van der Waals surface area (Å²) in [7, 11) is 1.89. The second-order valence-corrected chi connectivity index (χ2v) is 6.32. The first-order chi connectivity index (χ1) is 12.5. The number of rotatable bonds is 5. The highest BCUT2D eigenvalue weighted by molar-refractivity contribution is 9.10. The van der Waals surface area contributed by atoms with Crippen LogP contribution < -0.4 is 15.6 Å². The molecular formula is C17H16BrN5O3. The molecule has 134 valence electrons. The van der Waals surface area contributed by atoms with Crippen molar-refractivity contribution in [1.82, 2.24) is 25.4 Å². The van der Waals surface area contributed by atoms with E-state index in [4.69, 9.17) is 4.74 Å². The molecule has 0 bridgehead atoms. The number of hydrazine groups is 1. The summed E-state index contributed by atoms with van der Waals surface area (Å²) in [6.45, 7) is 0.330. The first kappa shape index (κ1) is 17.7. The van der Waals surface area contributed by atoms with Gasteiger partial charge < -0.3 is 14.3 Å². The smallest absolute Gasteiger partial charge is 0.286 e. The Kier molecular flexibility index (Phi) is 5.37. The summed E-state index contributed by atoms with van der Waals surface area (Å²) >= 11 is 3.24. The van der Waals surface area contributed by atoms with Crippen LogP contribution in [0.3, 0.4) is 0 Å². The summed E-state index contributed by atoms with van der Waals surface area (Å²) in [5.74, 6) is 0.536. The van der Waals surface area contributed by atoms with Gasteiger partial charge in [-0.1, -0.05) is 0 Å². The third kappa shape index (κ3) is 4.31. The van der Waals surface area contributed by atoms with Crippen LogP contribution in [0.1, 0.15) is 26.7 Å². The molecule has 0 radical (unpaired) electrons. The van der Waals surface area contributed by atoms with Crippen LogP contribution in [0.2, 0.25) is 0 Å². The third-order valence-corrected chi connectivity index (χ3v) is 4.05. The van der Waals surface area contributed by atoms with Gasteiger partial charge in [-0.2, -0.15) is 0 Å². The zero-order chi connectivity index (χ0) is 18.5. The zero-order valence-electron chi connectivity index (χ0n) is 13.8. The predicted octanol–water partition coefficient (Wildman–Crippen LogP) is 2.16. The summed E-state index contributed by atoms with van der Waals surface area (Å²) in [5.41, 5.74) is 5.42. The summed E-state index contributed by atoms with van der Waals surface area (Å²) in [6, 6.07) is 8.19. The summed E-state index contributed by atoms with van der Waals surface area (Å²) in [4.78, 5) is 30.9. The topological polar surface area (TPSA) is 101 Å². The molecule has 9 heteroatoms. The lowest BCUT2D eigenvalue weighted by molar-refractivity contribution is 0.0844. The molecule has 0 spiro atoms. The minimum Gasteiger partial charge on any atom is -0.486 e. The van der Waals surface area contributed by atoms with Crippen LogP contribution in [0.4, 0.5) is 0 Å². The van der Waals surface area contributed by atoms with Gasteiger partial charge in [-0.05, 0) is 46.3 Å². The molecule has 0 aliphatic heterocycles. The molecular weight excluding hydrogens is 402 g/mol. The number of hydrogen-bond donors (Lipinski definition) is 3. The second-order valence-electron chi connectivity index (χ2n) is 5.41. The van der Waals surface area contributed by atoms with Crippen LogP contribution in [0.15, 0.2) is 53.4 Å². The number of nitrogens with zero attached hydrogens (tertiary/aromatic N) is 2. The van der Waals surface area contributed by atoms with Crippen LogP contribution in [0.25, 0.3) is 0 Å². The van der Waals surface area contributed by atoms with E-state index in [0.29, 0.717) is 23.6 Å². The van der Waals surface area contributed by atoms with Crippen LogP contribution in [0, 0.1) is 0 Å². The Balaban J connectivity index is 1.51. The molecule has 3 N–H and O–H groups in total. The molecule has 26 heavy (non-hydrogen) atoms. The number of amides is 2. The van der Waals surface area contributed by atoms with Crippen LogP contribution >= 0.6 is 15.9 Å². The number of carbonyl (C=O) groups is 2. The number of imidazole rings is 1. The van der Waals surface area contributed by atoms with Gasteiger partial charge in [0, 0.05) is 35.7 Å². The van der Waals surface area contributed by atoms with E-state index in [2.05, 4.69) is 36.7 Å². The van der Waals surface area contributed by atoms with Crippen molar-refractivity contribution in [3.63, 3.8) is 0 Å². The number of halogens is 1. The maximum absolute atomic E-state index is 12.1. The Bertz CT molecular complexity index is 917. The van der Waals surface area contributed by atoms with Crippen molar-refractivity contribution < 1.29 is 14.3 Å². The van der Waals surface area contributed by atoms with E-state index in [1.54, 1.807) is 42.7 Å². The van der Waals surface area contributed by atoms with Gasteiger partial charge in [0.25, 0.3) is 11.8 Å². The summed E-state index contributed by atoms with van der Waals surface area (Å²) in [5, 5.41) is 0. The number of aryl methyl sites for hydroxylation is 1. The number of aromatic amines is 1. The zero-order valence-corrected chi connectivity index (χ0v) is 15.4. The number of benzene rings is 1. The maximum atomic E-state index is 12.1. The lowest BCUT2D eigenvalue weighted by Gasteiger charge is -2.08. The Hall–Kier alpha value is -3.07. The van der Waals surface area contributed by atoms with Gasteiger partial charge in [0.1, 0.15) is 23.9 Å². The van der Waals surface area contributed by atoms with Crippen molar-refractivity contribution >= 4 is 27.7 Å². The van der Waals surface area contributed by atoms with E-state index in [1.165, 1.54) is 0 Å². The fourth-order valence-corrected chi connectivity index (χ4v) is 2.48. The Morgan fingerprint density at radius 3 is 2.58 bits per heavy atom. The van der Waals surface area contributed by atoms with Crippen LogP contribution in [-0.2, 0) is 13.7 Å². The van der Waals surface area contributed by atoms with Crippen molar-refractivity contribution in [3.05, 3.63) is 70.5 Å². The molecule has 0 atom stereocenters. The number of aromatic nitrogens is 3. The highest BCUT2D eigenvalue weighted by Gasteiger charge is 2.11. The lowest BCUT2D eigenvalue weighted by Crippen LogP contribution is -2.41. The molecule has 3 rings (SSSR count). The third-order valence-electron chi connectivity index (χ3n) is 3.59. The van der Waals surface area contributed by atoms with E-state index in [1.807, 2.05) is 17.8 Å². The van der Waals surface area contributed by atoms with E-state index in [0.717, 1.165) is 10.3 Å². The second kappa shape index (κ2) is 7.87. The molecule has 0 fully saturated rings. The van der Waals surface area contributed by atoms with Gasteiger partial charge in [0.15, 0.2) is 0 Å². The highest BCUT2D eigenvalue weighted by atomic mass is 79.9. The standard InChI is InChI=1S/C17H16BrN5O3/c1-23-7-6-19-15(23)10-26-13-4-2-11(3-5-13)16(24)21-22-17(25)14-8-12(18)9-20-14/h2-9,20H,10H2,1H3,(H,21,24)(H,22,25). The molecule has 0 aliphatic carbocycles. The van der Waals surface area contributed by atoms with E-state index >= 15 is 0 Å². The highest BCUT2D eigenvalue weighted by Crippen LogP contribution is 2.14. The SMILES string of the molecule is Cn1ccnc1COc1ccc(C(=O)NNC(=O)c2cc(Br)c[nH]2)cc1. The average Bonchev–Trinajstić information content (AvgIpc) is 3.26. The molecule has 2 aromatic heterocycles. The molecule has 0 aliphatic rings. The summed E-state index contributed by atoms with van der Waals surface area (Å²) < 4.78 is 8.24. The van der Waals surface area contributed by atoms with Gasteiger partial charge in [0.2, 0.25) is 0 Å². The van der Waals surface area contributed by atoms with Crippen LogP contribution in [0.5, 0.6) is 5.75 Å². The molecule has 1 aromatic carbocycles. The first-order valence-corrected chi connectivity index (χ1v) is 8.46. The van der Waals surface area contributed by atoms with E-state index < -0.39 is 11.8 Å². The van der Waals surface area contributed by atoms with Crippen molar-refractivity contribution in [2.75, 3.05) is 0 Å². The van der Waals surface area contributed by atoms with Crippen LogP contribution in [-0.4, -0.2) is 26.3 Å². The van der Waals surface area contributed by atoms with Crippen molar-refractivity contribution in [1.29, 1.82) is 0 Å². The van der Waals surface area contributed by atoms with E-state index in [-0.39, 0.29) is 0 Å². The van der Waals surface area contributed by atoms with E-state index in [9.17, 15) is 9.59 Å². The predicted molar refractivity (Wildman–Crippen MR) is 97.4 cm³/mol. The minimum absolute atomic E-state index is 0.329. The van der Waals surface area contributed by atoms with Gasteiger partial charge in [-0.25, -0.2) is 4.98 Å². The number of nitrogens with one attached hydrogen (secondary N) is 3.